The lowest BCUT2D eigenvalue weighted by molar-refractivity contribution is -0.138. The summed E-state index contributed by atoms with van der Waals surface area (Å²) in [7, 11) is 0. The average molecular weight is 314 g/mol. The third kappa shape index (κ3) is 3.63. The molecule has 6 heteroatoms. The first-order valence-electron chi connectivity index (χ1n) is 6.80. The highest BCUT2D eigenvalue weighted by molar-refractivity contribution is 7.12. The zero-order valence-corrected chi connectivity index (χ0v) is 12.7. The Morgan fingerprint density at radius 3 is 2.57 bits per heavy atom. The number of aryl methyl sites for hydroxylation is 1. The molecule has 0 fully saturated rings. The van der Waals surface area contributed by atoms with Gasteiger partial charge in [0, 0.05) is 27.7 Å². The van der Waals surface area contributed by atoms with Crippen molar-refractivity contribution in [3.63, 3.8) is 0 Å². The molecule has 114 valence electrons. The van der Waals surface area contributed by atoms with E-state index < -0.39 is 17.8 Å². The number of rotatable bonds is 5. The molecule has 1 unspecified atom stereocenters. The predicted octanol–water partition coefficient (Wildman–Crippen LogP) is 4.42. The van der Waals surface area contributed by atoms with Crippen LogP contribution in [0.1, 0.15) is 40.8 Å². The van der Waals surface area contributed by atoms with Crippen molar-refractivity contribution in [2.24, 2.45) is 0 Å². The zero-order valence-electron chi connectivity index (χ0n) is 11.9. The molecule has 0 saturated heterocycles. The third-order valence-corrected chi connectivity index (χ3v) is 4.49. The fourth-order valence-corrected chi connectivity index (χ4v) is 3.25. The second-order valence-corrected chi connectivity index (χ2v) is 5.81. The summed E-state index contributed by atoms with van der Waals surface area (Å²) in [6, 6.07) is 4.41. The summed E-state index contributed by atoms with van der Waals surface area (Å²) in [5.74, 6) is 0. The Morgan fingerprint density at radius 1 is 1.24 bits per heavy atom. The van der Waals surface area contributed by atoms with Gasteiger partial charge in [0.25, 0.3) is 0 Å². The lowest BCUT2D eigenvalue weighted by Crippen LogP contribution is -2.24. The zero-order chi connectivity index (χ0) is 15.5. The van der Waals surface area contributed by atoms with Crippen molar-refractivity contribution in [1.29, 1.82) is 0 Å². The van der Waals surface area contributed by atoms with E-state index in [9.17, 15) is 13.2 Å². The number of nitrogens with one attached hydrogen (secondary N) is 1. The quantitative estimate of drug-likeness (QED) is 0.883. The van der Waals surface area contributed by atoms with Crippen LogP contribution in [0.15, 0.2) is 30.6 Å². The molecule has 2 nitrogen and oxygen atoms in total. The van der Waals surface area contributed by atoms with Crippen LogP contribution < -0.4 is 5.32 Å². The van der Waals surface area contributed by atoms with Gasteiger partial charge in [-0.1, -0.05) is 13.8 Å². The molecule has 0 saturated carbocycles. The summed E-state index contributed by atoms with van der Waals surface area (Å²) in [5, 5.41) is 3.14. The molecule has 0 bridgehead atoms. The second-order valence-electron chi connectivity index (χ2n) is 4.61. The molecular weight excluding hydrogens is 297 g/mol. The van der Waals surface area contributed by atoms with Crippen LogP contribution in [0.2, 0.25) is 0 Å². The highest BCUT2D eigenvalue weighted by atomic mass is 32.1. The first-order valence-corrected chi connectivity index (χ1v) is 7.62. The van der Waals surface area contributed by atoms with Crippen LogP contribution in [0.5, 0.6) is 0 Å². The standard InChI is InChI=1S/C15H17F3N2S/c1-3-10-5-6-13(21-10)14(20-4-2)11-9-19-8-7-12(11)15(16,17)18/h5-9,14,20H,3-4H2,1-2H3. The lowest BCUT2D eigenvalue weighted by atomic mass is 10.0. The van der Waals surface area contributed by atoms with Crippen molar-refractivity contribution < 1.29 is 13.2 Å². The second kappa shape index (κ2) is 6.58. The van der Waals surface area contributed by atoms with Gasteiger partial charge in [-0.3, -0.25) is 4.98 Å². The lowest BCUT2D eigenvalue weighted by Gasteiger charge is -2.21. The molecule has 0 aliphatic heterocycles. The van der Waals surface area contributed by atoms with E-state index in [0.29, 0.717) is 6.54 Å². The number of halogens is 3. The Labute approximate surface area is 126 Å². The van der Waals surface area contributed by atoms with Gasteiger partial charge in [0.15, 0.2) is 0 Å². The van der Waals surface area contributed by atoms with Gasteiger partial charge in [0.2, 0.25) is 0 Å². The minimum absolute atomic E-state index is 0.177. The third-order valence-electron chi connectivity index (χ3n) is 3.19. The van der Waals surface area contributed by atoms with Gasteiger partial charge in [0.1, 0.15) is 0 Å². The Bertz CT molecular complexity index is 593. The maximum Gasteiger partial charge on any atom is 0.416 e. The molecule has 2 rings (SSSR count). The minimum atomic E-state index is -4.38. The van der Waals surface area contributed by atoms with E-state index in [0.717, 1.165) is 22.2 Å². The van der Waals surface area contributed by atoms with Crippen LogP contribution in [-0.2, 0) is 12.6 Å². The number of hydrogen-bond acceptors (Lipinski definition) is 3. The molecule has 1 N–H and O–H groups in total. The van der Waals surface area contributed by atoms with Crippen LogP contribution in [0.25, 0.3) is 0 Å². The van der Waals surface area contributed by atoms with E-state index in [2.05, 4.69) is 10.3 Å². The van der Waals surface area contributed by atoms with Crippen molar-refractivity contribution in [3.05, 3.63) is 51.5 Å². The van der Waals surface area contributed by atoms with Crippen LogP contribution >= 0.6 is 11.3 Å². The predicted molar refractivity (Wildman–Crippen MR) is 78.5 cm³/mol. The topological polar surface area (TPSA) is 24.9 Å². The SMILES string of the molecule is CCNC(c1ccc(CC)s1)c1cnccc1C(F)(F)F. The van der Waals surface area contributed by atoms with E-state index in [-0.39, 0.29) is 5.56 Å². The van der Waals surface area contributed by atoms with E-state index in [4.69, 9.17) is 0 Å². The average Bonchev–Trinajstić information content (AvgIpc) is 2.92. The summed E-state index contributed by atoms with van der Waals surface area (Å²) in [5.41, 5.74) is -0.453. The number of hydrogen-bond donors (Lipinski definition) is 1. The van der Waals surface area contributed by atoms with E-state index in [1.165, 1.54) is 23.7 Å². The first kappa shape index (κ1) is 16.0. The van der Waals surface area contributed by atoms with Crippen molar-refractivity contribution >= 4 is 11.3 Å². The van der Waals surface area contributed by atoms with Crippen molar-refractivity contribution in [2.75, 3.05) is 6.54 Å². The van der Waals surface area contributed by atoms with Crippen LogP contribution in [-0.4, -0.2) is 11.5 Å². The van der Waals surface area contributed by atoms with Gasteiger partial charge in [-0.25, -0.2) is 0 Å². The molecule has 2 heterocycles. The smallest absolute Gasteiger partial charge is 0.306 e. The van der Waals surface area contributed by atoms with Crippen LogP contribution in [0.3, 0.4) is 0 Å². The number of pyridine rings is 1. The van der Waals surface area contributed by atoms with Gasteiger partial charge in [-0.15, -0.1) is 11.3 Å². The number of nitrogens with zero attached hydrogens (tertiary/aromatic N) is 1. The van der Waals surface area contributed by atoms with Gasteiger partial charge in [0.05, 0.1) is 11.6 Å². The van der Waals surface area contributed by atoms with Crippen molar-refractivity contribution in [1.82, 2.24) is 10.3 Å². The number of thiophene rings is 1. The molecule has 0 aromatic carbocycles. The summed E-state index contributed by atoms with van der Waals surface area (Å²) in [6.45, 7) is 4.49. The van der Waals surface area contributed by atoms with E-state index in [1.807, 2.05) is 26.0 Å². The summed E-state index contributed by atoms with van der Waals surface area (Å²) in [4.78, 5) is 5.92. The van der Waals surface area contributed by atoms with Crippen molar-refractivity contribution in [3.8, 4) is 0 Å². The Hall–Kier alpha value is -1.40. The monoisotopic (exact) mass is 314 g/mol. The Balaban J connectivity index is 2.48. The molecule has 0 aliphatic rings. The fourth-order valence-electron chi connectivity index (χ4n) is 2.20. The molecule has 21 heavy (non-hydrogen) atoms. The van der Waals surface area contributed by atoms with Crippen LogP contribution in [0.4, 0.5) is 13.2 Å². The van der Waals surface area contributed by atoms with Gasteiger partial charge >= 0.3 is 6.18 Å². The summed E-state index contributed by atoms with van der Waals surface area (Å²) < 4.78 is 39.6. The highest BCUT2D eigenvalue weighted by Crippen LogP contribution is 2.37. The fraction of sp³-hybridized carbons (Fsp3) is 0.400. The maximum absolute atomic E-state index is 13.2. The Morgan fingerprint density at radius 2 is 2.00 bits per heavy atom. The molecule has 2 aromatic rings. The first-order chi connectivity index (χ1) is 9.97. The number of aromatic nitrogens is 1. The van der Waals surface area contributed by atoms with Crippen molar-refractivity contribution in [2.45, 2.75) is 32.5 Å². The van der Waals surface area contributed by atoms with Gasteiger partial charge < -0.3 is 5.32 Å². The molecule has 2 aromatic heterocycles. The largest absolute Gasteiger partial charge is 0.416 e. The minimum Gasteiger partial charge on any atom is -0.306 e. The number of alkyl halides is 3. The summed E-state index contributed by atoms with van der Waals surface area (Å²) in [6.07, 6.45) is -1.01. The molecular formula is C15H17F3N2S. The maximum atomic E-state index is 13.2. The molecule has 0 amide bonds. The molecule has 1 atom stereocenters. The molecule has 0 spiro atoms. The molecule has 0 aliphatic carbocycles. The summed E-state index contributed by atoms with van der Waals surface area (Å²) >= 11 is 1.54. The normalized spacial score (nSPS) is 13.4. The van der Waals surface area contributed by atoms with E-state index in [1.54, 1.807) is 0 Å². The Kier molecular flexibility index (Phi) is 5.00. The molecule has 0 radical (unpaired) electrons. The highest BCUT2D eigenvalue weighted by Gasteiger charge is 2.35. The van der Waals surface area contributed by atoms with Gasteiger partial charge in [-0.05, 0) is 31.2 Å². The van der Waals surface area contributed by atoms with Gasteiger partial charge in [-0.2, -0.15) is 13.2 Å². The van der Waals surface area contributed by atoms with E-state index >= 15 is 0 Å². The van der Waals surface area contributed by atoms with Crippen LogP contribution in [0, 0.1) is 0 Å².